The molecule has 0 unspecified atom stereocenters. The minimum atomic E-state index is -0.270. The molecule has 27 heavy (non-hydrogen) atoms. The average Bonchev–Trinajstić information content (AvgIpc) is 2.94. The van der Waals surface area contributed by atoms with Crippen molar-refractivity contribution in [2.45, 2.75) is 66.0 Å². The third-order valence-electron chi connectivity index (χ3n) is 4.90. The molecule has 1 aromatic carbocycles. The lowest BCUT2D eigenvalue weighted by Crippen LogP contribution is -2.25. The molecule has 2 heterocycles. The molecule has 5 nitrogen and oxygen atoms in total. The van der Waals surface area contributed by atoms with Crippen LogP contribution < -0.4 is 15.0 Å². The van der Waals surface area contributed by atoms with Crippen molar-refractivity contribution in [3.63, 3.8) is 0 Å². The van der Waals surface area contributed by atoms with Crippen LogP contribution in [0.4, 0.5) is 0 Å². The molecule has 1 aliphatic heterocycles. The smallest absolute Gasteiger partial charge is 0.300 e. The molecule has 0 spiro atoms. The zero-order valence-corrected chi connectivity index (χ0v) is 17.2. The molecule has 1 aliphatic rings. The van der Waals surface area contributed by atoms with Crippen molar-refractivity contribution in [1.29, 1.82) is 0 Å². The van der Waals surface area contributed by atoms with E-state index < -0.39 is 0 Å². The molecule has 2 aromatic rings. The molecule has 0 radical (unpaired) electrons. The van der Waals surface area contributed by atoms with Crippen LogP contribution in [0.2, 0.25) is 0 Å². The van der Waals surface area contributed by atoms with Gasteiger partial charge in [-0.25, -0.2) is 0 Å². The summed E-state index contributed by atoms with van der Waals surface area (Å²) in [5.41, 5.74) is 2.30. The van der Waals surface area contributed by atoms with E-state index in [0.717, 1.165) is 17.9 Å². The third-order valence-corrected chi connectivity index (χ3v) is 4.90. The molecule has 0 fully saturated rings. The second kappa shape index (κ2) is 7.02. The summed E-state index contributed by atoms with van der Waals surface area (Å²) in [5.74, 6) is 0.823. The SMILES string of the molecule is Cc1cc(=O)nc2n1C[C@@H](COc1ccc(C(C)(C)CC(C)(C)C)cc1)O2. The van der Waals surface area contributed by atoms with Crippen LogP contribution in [0, 0.1) is 12.3 Å². The summed E-state index contributed by atoms with van der Waals surface area (Å²) in [5, 5.41) is 0. The first-order chi connectivity index (χ1) is 12.5. The van der Waals surface area contributed by atoms with Crippen LogP contribution in [-0.2, 0) is 12.0 Å². The van der Waals surface area contributed by atoms with Crippen LogP contribution in [-0.4, -0.2) is 22.3 Å². The van der Waals surface area contributed by atoms with Crippen LogP contribution in [0.1, 0.15) is 52.3 Å². The lowest BCUT2D eigenvalue weighted by Gasteiger charge is -2.33. The predicted molar refractivity (Wildman–Crippen MR) is 107 cm³/mol. The maximum atomic E-state index is 11.5. The van der Waals surface area contributed by atoms with Gasteiger partial charge in [-0.05, 0) is 41.9 Å². The first kappa shape index (κ1) is 19.5. The zero-order chi connectivity index (χ0) is 19.8. The normalized spacial score (nSPS) is 16.7. The Hall–Kier alpha value is -2.30. The summed E-state index contributed by atoms with van der Waals surface area (Å²) in [6, 6.07) is 10.2. The second-order valence-electron chi connectivity index (χ2n) is 9.33. The Morgan fingerprint density at radius 1 is 1.19 bits per heavy atom. The lowest BCUT2D eigenvalue weighted by atomic mass is 9.72. The minimum absolute atomic E-state index is 0.114. The standard InChI is InChI=1S/C22H30N2O3/c1-15-11-19(25)23-20-24(15)12-18(27-20)13-26-17-9-7-16(8-10-17)22(5,6)14-21(2,3)4/h7-11,18H,12-14H2,1-6H3/t18-/m0/s1. The molecule has 0 aliphatic carbocycles. The minimum Gasteiger partial charge on any atom is -0.490 e. The van der Waals surface area contributed by atoms with Gasteiger partial charge in [0.1, 0.15) is 12.4 Å². The number of aromatic nitrogens is 2. The fourth-order valence-corrected chi connectivity index (χ4v) is 4.00. The molecule has 0 amide bonds. The number of benzene rings is 1. The summed E-state index contributed by atoms with van der Waals surface area (Å²) >= 11 is 0. The fraction of sp³-hybridized carbons (Fsp3) is 0.545. The maximum absolute atomic E-state index is 11.5. The van der Waals surface area contributed by atoms with Crippen molar-refractivity contribution in [3.05, 3.63) is 51.9 Å². The molecule has 0 saturated carbocycles. The summed E-state index contributed by atoms with van der Waals surface area (Å²) in [6.45, 7) is 14.3. The van der Waals surface area contributed by atoms with Crippen LogP contribution in [0.3, 0.4) is 0 Å². The van der Waals surface area contributed by atoms with E-state index in [-0.39, 0.29) is 22.5 Å². The Morgan fingerprint density at radius 2 is 1.85 bits per heavy atom. The van der Waals surface area contributed by atoms with Gasteiger partial charge in [-0.1, -0.05) is 46.8 Å². The van der Waals surface area contributed by atoms with Gasteiger partial charge in [0.15, 0.2) is 6.10 Å². The van der Waals surface area contributed by atoms with Crippen molar-refractivity contribution >= 4 is 0 Å². The van der Waals surface area contributed by atoms with Gasteiger partial charge in [0.05, 0.1) is 6.54 Å². The van der Waals surface area contributed by atoms with E-state index in [1.807, 2.05) is 23.6 Å². The molecule has 0 N–H and O–H groups in total. The molecule has 1 aromatic heterocycles. The van der Waals surface area contributed by atoms with E-state index in [1.165, 1.54) is 11.6 Å². The monoisotopic (exact) mass is 370 g/mol. The van der Waals surface area contributed by atoms with Gasteiger partial charge in [0.2, 0.25) is 0 Å². The van der Waals surface area contributed by atoms with Gasteiger partial charge in [-0.15, -0.1) is 0 Å². The average molecular weight is 370 g/mol. The van der Waals surface area contributed by atoms with Crippen LogP contribution in [0.5, 0.6) is 11.8 Å². The number of rotatable bonds is 5. The van der Waals surface area contributed by atoms with Gasteiger partial charge in [0, 0.05) is 11.8 Å². The van der Waals surface area contributed by atoms with Crippen molar-refractivity contribution in [2.24, 2.45) is 5.41 Å². The highest BCUT2D eigenvalue weighted by atomic mass is 16.6. The molecular formula is C22H30N2O3. The Balaban J connectivity index is 1.60. The van der Waals surface area contributed by atoms with Gasteiger partial charge in [-0.3, -0.25) is 9.36 Å². The predicted octanol–water partition coefficient (Wildman–Crippen LogP) is 4.11. The number of fused-ring (bicyclic) bond motifs is 1. The lowest BCUT2D eigenvalue weighted by molar-refractivity contribution is 0.143. The zero-order valence-electron chi connectivity index (χ0n) is 17.2. The van der Waals surface area contributed by atoms with E-state index >= 15 is 0 Å². The van der Waals surface area contributed by atoms with E-state index in [9.17, 15) is 4.79 Å². The summed E-state index contributed by atoms with van der Waals surface area (Å²) in [6.07, 6.45) is 0.967. The number of aryl methyl sites for hydroxylation is 1. The number of ether oxygens (including phenoxy) is 2. The highest BCUT2D eigenvalue weighted by Gasteiger charge is 2.28. The van der Waals surface area contributed by atoms with Crippen LogP contribution in [0.15, 0.2) is 35.1 Å². The molecule has 0 saturated heterocycles. The summed E-state index contributed by atoms with van der Waals surface area (Å²) in [7, 11) is 0. The van der Waals surface area contributed by atoms with E-state index in [1.54, 1.807) is 0 Å². The van der Waals surface area contributed by atoms with Crippen molar-refractivity contribution in [3.8, 4) is 11.8 Å². The highest BCUT2D eigenvalue weighted by Crippen LogP contribution is 2.36. The molecule has 146 valence electrons. The second-order valence-corrected chi connectivity index (χ2v) is 9.33. The van der Waals surface area contributed by atoms with E-state index in [4.69, 9.17) is 9.47 Å². The topological polar surface area (TPSA) is 53.4 Å². The van der Waals surface area contributed by atoms with Gasteiger partial charge in [-0.2, -0.15) is 4.98 Å². The first-order valence-corrected chi connectivity index (χ1v) is 9.52. The van der Waals surface area contributed by atoms with Crippen LogP contribution in [0.25, 0.3) is 0 Å². The Labute approximate surface area is 161 Å². The summed E-state index contributed by atoms with van der Waals surface area (Å²) < 4.78 is 13.6. The maximum Gasteiger partial charge on any atom is 0.300 e. The fourth-order valence-electron chi connectivity index (χ4n) is 4.00. The number of nitrogens with zero attached hydrogens (tertiary/aromatic N) is 2. The van der Waals surface area contributed by atoms with E-state index in [2.05, 4.69) is 51.7 Å². The van der Waals surface area contributed by atoms with Gasteiger partial charge in [0.25, 0.3) is 11.6 Å². The van der Waals surface area contributed by atoms with Crippen molar-refractivity contribution in [2.75, 3.05) is 6.61 Å². The Kier molecular flexibility index (Phi) is 5.06. The third kappa shape index (κ3) is 4.71. The highest BCUT2D eigenvalue weighted by molar-refractivity contribution is 5.32. The van der Waals surface area contributed by atoms with Crippen molar-refractivity contribution < 1.29 is 9.47 Å². The molecular weight excluding hydrogens is 340 g/mol. The molecule has 3 rings (SSSR count). The van der Waals surface area contributed by atoms with E-state index in [0.29, 0.717) is 19.2 Å². The molecule has 1 atom stereocenters. The largest absolute Gasteiger partial charge is 0.490 e. The quantitative estimate of drug-likeness (QED) is 0.795. The Morgan fingerprint density at radius 3 is 2.48 bits per heavy atom. The van der Waals surface area contributed by atoms with Crippen molar-refractivity contribution in [1.82, 2.24) is 9.55 Å². The molecule has 5 heteroatoms. The molecule has 0 bridgehead atoms. The number of hydrogen-bond donors (Lipinski definition) is 0. The number of hydrogen-bond acceptors (Lipinski definition) is 4. The summed E-state index contributed by atoms with van der Waals surface area (Å²) in [4.78, 5) is 15.4. The Bertz CT molecular complexity index is 861. The first-order valence-electron chi connectivity index (χ1n) is 9.52. The van der Waals surface area contributed by atoms with Gasteiger partial charge < -0.3 is 9.47 Å². The van der Waals surface area contributed by atoms with Crippen LogP contribution >= 0.6 is 0 Å². The van der Waals surface area contributed by atoms with Gasteiger partial charge >= 0.3 is 0 Å².